The second kappa shape index (κ2) is 10.4. The average Bonchev–Trinajstić information content (AvgIpc) is 2.52. The first kappa shape index (κ1) is 15.6. The molecule has 0 bridgehead atoms. The Morgan fingerprint density at radius 2 is 0.950 bits per heavy atom. The van der Waals surface area contributed by atoms with Crippen LogP contribution in [0.5, 0.6) is 0 Å². The molecule has 3 aromatic rings. The summed E-state index contributed by atoms with van der Waals surface area (Å²) in [4.78, 5) is 7.57. The molecule has 2 aromatic heterocycles. The molecule has 0 fully saturated rings. The molecule has 2 heterocycles. The Hall–Kier alpha value is -2.48. The Labute approximate surface area is 121 Å². The van der Waals surface area contributed by atoms with E-state index in [-0.39, 0.29) is 0 Å². The number of aryl methyl sites for hydroxylation is 2. The SMILES string of the molecule is Cc1cccc(C)c1.c1ccncc1.c1ccncc1. The van der Waals surface area contributed by atoms with Crippen molar-refractivity contribution >= 4 is 0 Å². The van der Waals surface area contributed by atoms with Gasteiger partial charge in [0.2, 0.25) is 0 Å². The lowest BCUT2D eigenvalue weighted by Gasteiger charge is -1.90. The van der Waals surface area contributed by atoms with E-state index < -0.39 is 0 Å². The minimum atomic E-state index is 1.34. The third-order valence-electron chi connectivity index (χ3n) is 2.31. The van der Waals surface area contributed by atoms with Crippen LogP contribution in [-0.2, 0) is 0 Å². The normalized spacial score (nSPS) is 8.50. The molecule has 0 spiro atoms. The topological polar surface area (TPSA) is 25.8 Å². The highest BCUT2D eigenvalue weighted by atomic mass is 14.6. The van der Waals surface area contributed by atoms with Crippen molar-refractivity contribution in [3.8, 4) is 0 Å². The van der Waals surface area contributed by atoms with Crippen LogP contribution < -0.4 is 0 Å². The van der Waals surface area contributed by atoms with E-state index >= 15 is 0 Å². The summed E-state index contributed by atoms with van der Waals surface area (Å²) < 4.78 is 0. The summed E-state index contributed by atoms with van der Waals surface area (Å²) in [6.07, 6.45) is 7.00. The molecule has 0 saturated carbocycles. The van der Waals surface area contributed by atoms with Crippen molar-refractivity contribution in [3.63, 3.8) is 0 Å². The molecule has 0 aliphatic carbocycles. The van der Waals surface area contributed by atoms with Crippen molar-refractivity contribution in [2.75, 3.05) is 0 Å². The van der Waals surface area contributed by atoms with Gasteiger partial charge in [-0.3, -0.25) is 9.97 Å². The predicted molar refractivity (Wildman–Crippen MR) is 84.4 cm³/mol. The Kier molecular flexibility index (Phi) is 8.13. The molecular formula is C18H20N2. The van der Waals surface area contributed by atoms with Gasteiger partial charge < -0.3 is 0 Å². The molecule has 0 N–H and O–H groups in total. The van der Waals surface area contributed by atoms with Gasteiger partial charge in [-0.1, -0.05) is 47.5 Å². The number of hydrogen-bond donors (Lipinski definition) is 0. The molecule has 0 aliphatic heterocycles. The van der Waals surface area contributed by atoms with Crippen molar-refractivity contribution in [1.29, 1.82) is 0 Å². The molecule has 20 heavy (non-hydrogen) atoms. The summed E-state index contributed by atoms with van der Waals surface area (Å²) in [5.41, 5.74) is 2.68. The van der Waals surface area contributed by atoms with E-state index in [2.05, 4.69) is 48.1 Å². The Balaban J connectivity index is 0.000000152. The van der Waals surface area contributed by atoms with Crippen LogP contribution in [0, 0.1) is 13.8 Å². The zero-order valence-corrected chi connectivity index (χ0v) is 12.0. The Morgan fingerprint density at radius 1 is 0.550 bits per heavy atom. The Bertz CT molecular complexity index is 449. The fourth-order valence-electron chi connectivity index (χ4n) is 1.43. The van der Waals surface area contributed by atoms with E-state index in [0.29, 0.717) is 0 Å². The summed E-state index contributed by atoms with van der Waals surface area (Å²) in [5.74, 6) is 0. The summed E-state index contributed by atoms with van der Waals surface area (Å²) in [5, 5.41) is 0. The van der Waals surface area contributed by atoms with Crippen molar-refractivity contribution in [1.82, 2.24) is 9.97 Å². The van der Waals surface area contributed by atoms with E-state index in [4.69, 9.17) is 0 Å². The predicted octanol–water partition coefficient (Wildman–Crippen LogP) is 4.47. The Morgan fingerprint density at radius 3 is 1.10 bits per heavy atom. The summed E-state index contributed by atoms with van der Waals surface area (Å²) in [6.45, 7) is 4.21. The minimum Gasteiger partial charge on any atom is -0.265 e. The van der Waals surface area contributed by atoms with Gasteiger partial charge in [0.15, 0.2) is 0 Å². The monoisotopic (exact) mass is 264 g/mol. The summed E-state index contributed by atoms with van der Waals surface area (Å²) in [6, 6.07) is 19.9. The maximum absolute atomic E-state index is 3.78. The van der Waals surface area contributed by atoms with Crippen LogP contribution in [0.3, 0.4) is 0 Å². The maximum atomic E-state index is 3.78. The first-order valence-electron chi connectivity index (χ1n) is 6.52. The van der Waals surface area contributed by atoms with Gasteiger partial charge in [0.25, 0.3) is 0 Å². The quantitative estimate of drug-likeness (QED) is 0.599. The van der Waals surface area contributed by atoms with Gasteiger partial charge in [0.05, 0.1) is 0 Å². The van der Waals surface area contributed by atoms with Crippen molar-refractivity contribution in [2.45, 2.75) is 13.8 Å². The second-order valence-electron chi connectivity index (χ2n) is 4.21. The molecule has 0 radical (unpaired) electrons. The van der Waals surface area contributed by atoms with E-state index in [0.717, 1.165) is 0 Å². The molecule has 0 aliphatic rings. The molecule has 1 aromatic carbocycles. The average molecular weight is 264 g/mol. The minimum absolute atomic E-state index is 1.34. The largest absolute Gasteiger partial charge is 0.265 e. The maximum Gasteiger partial charge on any atom is 0.0267 e. The summed E-state index contributed by atoms with van der Waals surface area (Å²) in [7, 11) is 0. The van der Waals surface area contributed by atoms with Crippen molar-refractivity contribution in [3.05, 3.63) is 96.6 Å². The lowest BCUT2D eigenvalue weighted by atomic mass is 10.2. The molecular weight excluding hydrogens is 244 g/mol. The lowest BCUT2D eigenvalue weighted by Crippen LogP contribution is -1.71. The fraction of sp³-hybridized carbons (Fsp3) is 0.111. The molecule has 2 nitrogen and oxygen atoms in total. The standard InChI is InChI=1S/C8H10.2C5H5N/c1-7-4-3-5-8(2)6-7;2*1-2-4-6-5-3-1/h3-6H,1-2H3;2*1-5H. The lowest BCUT2D eigenvalue weighted by molar-refractivity contribution is 1.33. The van der Waals surface area contributed by atoms with Crippen molar-refractivity contribution in [2.24, 2.45) is 0 Å². The van der Waals surface area contributed by atoms with Gasteiger partial charge in [-0.15, -0.1) is 0 Å². The second-order valence-corrected chi connectivity index (χ2v) is 4.21. The van der Waals surface area contributed by atoms with Gasteiger partial charge >= 0.3 is 0 Å². The van der Waals surface area contributed by atoms with Gasteiger partial charge in [0.1, 0.15) is 0 Å². The number of pyridine rings is 2. The van der Waals surface area contributed by atoms with Gasteiger partial charge in [-0.2, -0.15) is 0 Å². The third kappa shape index (κ3) is 8.59. The highest BCUT2D eigenvalue weighted by Gasteiger charge is 1.80. The molecule has 0 atom stereocenters. The molecule has 3 rings (SSSR count). The van der Waals surface area contributed by atoms with Gasteiger partial charge in [0, 0.05) is 24.8 Å². The van der Waals surface area contributed by atoms with Crippen LogP contribution >= 0.6 is 0 Å². The first-order valence-corrected chi connectivity index (χ1v) is 6.52. The molecule has 102 valence electrons. The summed E-state index contributed by atoms with van der Waals surface area (Å²) >= 11 is 0. The highest BCUT2D eigenvalue weighted by molar-refractivity contribution is 5.20. The molecule has 0 saturated heterocycles. The van der Waals surface area contributed by atoms with Crippen LogP contribution in [0.4, 0.5) is 0 Å². The van der Waals surface area contributed by atoms with E-state index in [1.807, 2.05) is 36.4 Å². The number of benzene rings is 1. The third-order valence-corrected chi connectivity index (χ3v) is 2.31. The molecule has 0 unspecified atom stereocenters. The van der Waals surface area contributed by atoms with Crippen LogP contribution in [0.2, 0.25) is 0 Å². The van der Waals surface area contributed by atoms with Crippen LogP contribution in [-0.4, -0.2) is 9.97 Å². The fourth-order valence-corrected chi connectivity index (χ4v) is 1.43. The number of hydrogen-bond acceptors (Lipinski definition) is 2. The van der Waals surface area contributed by atoms with Crippen LogP contribution in [0.1, 0.15) is 11.1 Å². The highest BCUT2D eigenvalue weighted by Crippen LogP contribution is 2.00. The van der Waals surface area contributed by atoms with E-state index in [9.17, 15) is 0 Å². The smallest absolute Gasteiger partial charge is 0.0267 e. The van der Waals surface area contributed by atoms with E-state index in [1.54, 1.807) is 24.8 Å². The van der Waals surface area contributed by atoms with Gasteiger partial charge in [-0.25, -0.2) is 0 Å². The van der Waals surface area contributed by atoms with Crippen LogP contribution in [0.15, 0.2) is 85.5 Å². The zero-order valence-electron chi connectivity index (χ0n) is 12.0. The first-order chi connectivity index (χ1) is 9.79. The van der Waals surface area contributed by atoms with E-state index in [1.165, 1.54) is 11.1 Å². The van der Waals surface area contributed by atoms with Gasteiger partial charge in [-0.05, 0) is 38.1 Å². The van der Waals surface area contributed by atoms with Crippen molar-refractivity contribution < 1.29 is 0 Å². The number of aromatic nitrogens is 2. The number of nitrogens with zero attached hydrogens (tertiary/aromatic N) is 2. The zero-order chi connectivity index (χ0) is 14.5. The molecule has 0 amide bonds. The molecule has 2 heteroatoms. The van der Waals surface area contributed by atoms with Crippen LogP contribution in [0.25, 0.3) is 0 Å². The number of rotatable bonds is 0.